The molecule has 0 saturated carbocycles. The van der Waals surface area contributed by atoms with Crippen molar-refractivity contribution in [1.29, 1.82) is 0 Å². The number of sulfonamides is 1. The average Bonchev–Trinajstić information content (AvgIpc) is 2.73. The summed E-state index contributed by atoms with van der Waals surface area (Å²) in [4.78, 5) is 14.0. The maximum atomic E-state index is 12.4. The number of piperidine rings is 1. The number of hydrogen-bond acceptors (Lipinski definition) is 6. The Kier molecular flexibility index (Phi) is 6.03. The van der Waals surface area contributed by atoms with E-state index in [2.05, 4.69) is 0 Å². The van der Waals surface area contributed by atoms with Crippen molar-refractivity contribution in [2.75, 3.05) is 32.4 Å². The molecule has 156 valence electrons. The molecule has 2 heterocycles. The van der Waals surface area contributed by atoms with Crippen molar-refractivity contribution in [3.8, 4) is 5.75 Å². The normalized spacial score (nSPS) is 20.5. The average molecular weight is 411 g/mol. The maximum Gasteiger partial charge on any atom is 0.320 e. The van der Waals surface area contributed by atoms with Crippen LogP contribution in [0.3, 0.4) is 0 Å². The predicted octanol–water partition coefficient (Wildman–Crippen LogP) is 1.94. The van der Waals surface area contributed by atoms with Crippen LogP contribution in [0.15, 0.2) is 18.2 Å². The fourth-order valence-electron chi connectivity index (χ4n) is 3.86. The summed E-state index contributed by atoms with van der Waals surface area (Å²) in [6, 6.07) is 5.91. The van der Waals surface area contributed by atoms with Gasteiger partial charge in [0.25, 0.3) is 0 Å². The van der Waals surface area contributed by atoms with E-state index in [1.54, 1.807) is 0 Å². The molecule has 8 heteroatoms. The third-order valence-electron chi connectivity index (χ3n) is 5.31. The van der Waals surface area contributed by atoms with E-state index in [9.17, 15) is 13.2 Å². The lowest BCUT2D eigenvalue weighted by Gasteiger charge is -2.42. The summed E-state index contributed by atoms with van der Waals surface area (Å²) in [5.41, 5.74) is 1.39. The number of carbonyl (C=O) groups excluding carboxylic acids is 1. The minimum absolute atomic E-state index is 0.128. The van der Waals surface area contributed by atoms with Gasteiger partial charge in [-0.3, -0.25) is 9.69 Å². The molecule has 0 atom stereocenters. The van der Waals surface area contributed by atoms with E-state index >= 15 is 0 Å². The van der Waals surface area contributed by atoms with Gasteiger partial charge in [0.05, 0.1) is 25.4 Å². The molecule has 7 nitrogen and oxygen atoms in total. The molecule has 0 unspecified atom stereocenters. The highest BCUT2D eigenvalue weighted by molar-refractivity contribution is 7.88. The zero-order valence-corrected chi connectivity index (χ0v) is 17.9. The van der Waals surface area contributed by atoms with Crippen molar-refractivity contribution in [3.05, 3.63) is 29.3 Å². The van der Waals surface area contributed by atoms with Gasteiger partial charge in [-0.2, -0.15) is 4.31 Å². The van der Waals surface area contributed by atoms with Crippen LogP contribution in [0.1, 0.15) is 37.8 Å². The van der Waals surface area contributed by atoms with E-state index in [1.165, 1.54) is 10.6 Å². The monoisotopic (exact) mass is 410 g/mol. The number of nitrogens with zero attached hydrogens (tertiary/aromatic N) is 2. The van der Waals surface area contributed by atoms with Crippen LogP contribution in [0, 0.1) is 6.92 Å². The Balaban J connectivity index is 1.77. The van der Waals surface area contributed by atoms with Gasteiger partial charge in [-0.1, -0.05) is 17.7 Å². The molecule has 1 spiro atoms. The topological polar surface area (TPSA) is 76.2 Å². The second-order valence-electron chi connectivity index (χ2n) is 8.24. The first-order valence-corrected chi connectivity index (χ1v) is 11.6. The van der Waals surface area contributed by atoms with Crippen LogP contribution in [0.2, 0.25) is 0 Å². The number of carbonyl (C=O) groups is 1. The predicted molar refractivity (Wildman–Crippen MR) is 107 cm³/mol. The Bertz CT molecular complexity index is 829. The molecule has 1 saturated heterocycles. The zero-order valence-electron chi connectivity index (χ0n) is 17.1. The molecule has 1 fully saturated rings. The number of likely N-dealkylation sites (tertiary alicyclic amines) is 1. The van der Waals surface area contributed by atoms with Gasteiger partial charge in [-0.05, 0) is 26.8 Å². The Hall–Kier alpha value is -1.64. The first kappa shape index (κ1) is 21.1. The molecule has 3 rings (SSSR count). The summed E-state index contributed by atoms with van der Waals surface area (Å²) in [5.74, 6) is 0.524. The van der Waals surface area contributed by atoms with E-state index in [0.717, 1.165) is 16.9 Å². The van der Waals surface area contributed by atoms with E-state index < -0.39 is 15.6 Å². The van der Waals surface area contributed by atoms with Gasteiger partial charge in [0.2, 0.25) is 10.0 Å². The molecule has 2 aliphatic heterocycles. The largest absolute Gasteiger partial charge is 0.485 e. The highest BCUT2D eigenvalue weighted by Crippen LogP contribution is 2.36. The molecule has 0 amide bonds. The number of rotatable bonds is 4. The van der Waals surface area contributed by atoms with Gasteiger partial charge in [0.15, 0.2) is 0 Å². The van der Waals surface area contributed by atoms with Crippen molar-refractivity contribution < 1.29 is 22.7 Å². The fourth-order valence-corrected chi connectivity index (χ4v) is 4.70. The van der Waals surface area contributed by atoms with Gasteiger partial charge < -0.3 is 9.47 Å². The minimum atomic E-state index is -3.36. The molecular formula is C20H30N2O5S. The van der Waals surface area contributed by atoms with E-state index in [1.807, 2.05) is 43.9 Å². The second-order valence-corrected chi connectivity index (χ2v) is 10.2. The van der Waals surface area contributed by atoms with Crippen LogP contribution in [0.4, 0.5) is 0 Å². The number of esters is 1. The lowest BCUT2D eigenvalue weighted by atomic mass is 9.91. The van der Waals surface area contributed by atoms with Crippen molar-refractivity contribution in [3.63, 3.8) is 0 Å². The second kappa shape index (κ2) is 8.00. The van der Waals surface area contributed by atoms with E-state index in [-0.39, 0.29) is 18.6 Å². The van der Waals surface area contributed by atoms with Crippen LogP contribution >= 0.6 is 0 Å². The lowest BCUT2D eigenvalue weighted by Crippen LogP contribution is -2.54. The lowest BCUT2D eigenvalue weighted by molar-refractivity contribution is -0.149. The first-order valence-electron chi connectivity index (χ1n) is 9.72. The summed E-state index contributed by atoms with van der Waals surface area (Å²) < 4.78 is 37.9. The molecule has 28 heavy (non-hydrogen) atoms. The molecule has 1 aromatic carbocycles. The van der Waals surface area contributed by atoms with Crippen LogP contribution in [0.5, 0.6) is 5.75 Å². The summed E-state index contributed by atoms with van der Waals surface area (Å²) in [7, 11) is -3.36. The number of ether oxygens (including phenoxy) is 2. The number of aryl methyl sites for hydroxylation is 1. The van der Waals surface area contributed by atoms with Crippen molar-refractivity contribution in [1.82, 2.24) is 9.21 Å². The molecule has 0 aromatic heterocycles. The highest BCUT2D eigenvalue weighted by Gasteiger charge is 2.43. The van der Waals surface area contributed by atoms with Gasteiger partial charge in [-0.15, -0.1) is 0 Å². The van der Waals surface area contributed by atoms with Crippen LogP contribution in [0.25, 0.3) is 0 Å². The van der Waals surface area contributed by atoms with Crippen LogP contribution < -0.4 is 4.74 Å². The zero-order chi connectivity index (χ0) is 20.5. The SMILES string of the molecule is Cc1ccc2c(c1)CN(S(C)(=O)=O)CC1(CCN(CC(=O)OC(C)C)CC1)O2. The summed E-state index contributed by atoms with van der Waals surface area (Å²) in [6.45, 7) is 7.87. The number of fused-ring (bicyclic) bond motifs is 1. The number of benzene rings is 1. The van der Waals surface area contributed by atoms with Crippen molar-refractivity contribution in [2.45, 2.75) is 51.9 Å². The Labute approximate surface area is 167 Å². The minimum Gasteiger partial charge on any atom is -0.485 e. The maximum absolute atomic E-state index is 12.4. The van der Waals surface area contributed by atoms with Gasteiger partial charge >= 0.3 is 5.97 Å². The summed E-state index contributed by atoms with van der Waals surface area (Å²) in [5, 5.41) is 0. The summed E-state index contributed by atoms with van der Waals surface area (Å²) >= 11 is 0. The molecular weight excluding hydrogens is 380 g/mol. The third-order valence-corrected chi connectivity index (χ3v) is 6.51. The van der Waals surface area contributed by atoms with E-state index in [0.29, 0.717) is 39.0 Å². The smallest absolute Gasteiger partial charge is 0.320 e. The summed E-state index contributed by atoms with van der Waals surface area (Å²) in [6.07, 6.45) is 2.43. The van der Waals surface area contributed by atoms with Gasteiger partial charge in [-0.25, -0.2) is 8.42 Å². The standard InChI is InChI=1S/C20H30N2O5S/c1-15(2)26-19(23)13-21-9-7-20(8-10-21)14-22(28(4,24)25)12-17-11-16(3)5-6-18(17)27-20/h5-6,11,15H,7-10,12-14H2,1-4H3. The van der Waals surface area contributed by atoms with Crippen LogP contribution in [-0.4, -0.2) is 67.7 Å². The van der Waals surface area contributed by atoms with Gasteiger partial charge in [0, 0.05) is 38.0 Å². The van der Waals surface area contributed by atoms with Crippen molar-refractivity contribution >= 4 is 16.0 Å². The molecule has 0 N–H and O–H groups in total. The molecule has 1 aromatic rings. The quantitative estimate of drug-likeness (QED) is 0.706. The highest BCUT2D eigenvalue weighted by atomic mass is 32.2. The molecule has 0 aliphatic carbocycles. The molecule has 0 radical (unpaired) electrons. The Morgan fingerprint density at radius 2 is 1.96 bits per heavy atom. The molecule has 2 aliphatic rings. The van der Waals surface area contributed by atoms with Crippen LogP contribution in [-0.2, 0) is 26.1 Å². The fraction of sp³-hybridized carbons (Fsp3) is 0.650. The Morgan fingerprint density at radius 3 is 2.57 bits per heavy atom. The number of hydrogen-bond donors (Lipinski definition) is 0. The van der Waals surface area contributed by atoms with Gasteiger partial charge in [0.1, 0.15) is 11.4 Å². The van der Waals surface area contributed by atoms with Crippen molar-refractivity contribution in [2.24, 2.45) is 0 Å². The van der Waals surface area contributed by atoms with E-state index in [4.69, 9.17) is 9.47 Å². The third kappa shape index (κ3) is 5.04. The Morgan fingerprint density at radius 1 is 1.29 bits per heavy atom. The molecule has 0 bridgehead atoms. The first-order chi connectivity index (χ1) is 13.1.